The Morgan fingerprint density at radius 3 is 2.71 bits per heavy atom. The van der Waals surface area contributed by atoms with Gasteiger partial charge in [0.05, 0.1) is 17.8 Å². The van der Waals surface area contributed by atoms with E-state index in [4.69, 9.17) is 17.3 Å². The second-order valence-electron chi connectivity index (χ2n) is 3.30. The lowest BCUT2D eigenvalue weighted by Gasteiger charge is -2.10. The van der Waals surface area contributed by atoms with E-state index in [0.717, 1.165) is 0 Å². The summed E-state index contributed by atoms with van der Waals surface area (Å²) in [6.45, 7) is 2.17. The number of carbonyl (C=O) groups is 2. The molecule has 0 saturated heterocycles. The van der Waals surface area contributed by atoms with Gasteiger partial charge in [-0.25, -0.2) is 0 Å². The zero-order chi connectivity index (χ0) is 12.8. The van der Waals surface area contributed by atoms with Crippen molar-refractivity contribution in [2.75, 3.05) is 18.4 Å². The van der Waals surface area contributed by atoms with Crippen LogP contribution in [-0.2, 0) is 4.79 Å². The second kappa shape index (κ2) is 6.22. The molecule has 1 aromatic carbocycles. The Balaban J connectivity index is 3.03. The van der Waals surface area contributed by atoms with Crippen molar-refractivity contribution in [3.8, 4) is 0 Å². The highest BCUT2D eigenvalue weighted by Crippen LogP contribution is 2.21. The molecule has 0 aliphatic rings. The quantitative estimate of drug-likeness (QED) is 0.750. The number of nitrogens with two attached hydrogens (primary N) is 1. The number of benzene rings is 1. The van der Waals surface area contributed by atoms with E-state index in [1.54, 1.807) is 12.1 Å². The molecule has 92 valence electrons. The number of rotatable bonds is 4. The highest BCUT2D eigenvalue weighted by atomic mass is 35.5. The van der Waals surface area contributed by atoms with E-state index in [9.17, 15) is 9.59 Å². The predicted octanol–water partition coefficient (Wildman–Crippen LogP) is 0.987. The lowest BCUT2D eigenvalue weighted by Crippen LogP contribution is -2.27. The first-order valence-corrected chi connectivity index (χ1v) is 5.54. The molecule has 0 aromatic heterocycles. The third-order valence-electron chi connectivity index (χ3n) is 2.02. The number of hydrogen-bond donors (Lipinski definition) is 3. The van der Waals surface area contributed by atoms with Crippen molar-refractivity contribution >= 4 is 29.1 Å². The molecule has 0 fully saturated rings. The van der Waals surface area contributed by atoms with Crippen LogP contribution < -0.4 is 16.4 Å². The fourth-order valence-electron chi connectivity index (χ4n) is 1.27. The van der Waals surface area contributed by atoms with Crippen LogP contribution in [0, 0.1) is 0 Å². The Labute approximate surface area is 104 Å². The molecule has 1 rings (SSSR count). The SMILES string of the molecule is CCNC(=O)c1ccc(Cl)cc1NC(=O)CN. The van der Waals surface area contributed by atoms with Gasteiger partial charge in [0, 0.05) is 11.6 Å². The van der Waals surface area contributed by atoms with Gasteiger partial charge in [0.25, 0.3) is 5.91 Å². The van der Waals surface area contributed by atoms with E-state index in [1.807, 2.05) is 6.92 Å². The van der Waals surface area contributed by atoms with Gasteiger partial charge in [-0.2, -0.15) is 0 Å². The summed E-state index contributed by atoms with van der Waals surface area (Å²) in [4.78, 5) is 22.9. The van der Waals surface area contributed by atoms with E-state index < -0.39 is 0 Å². The van der Waals surface area contributed by atoms with E-state index in [0.29, 0.717) is 22.8 Å². The molecule has 0 bridgehead atoms. The molecule has 6 heteroatoms. The maximum absolute atomic E-state index is 11.7. The molecule has 0 heterocycles. The number of hydrogen-bond acceptors (Lipinski definition) is 3. The highest BCUT2D eigenvalue weighted by molar-refractivity contribution is 6.31. The Bertz CT molecular complexity index is 435. The molecular formula is C11H14ClN3O2. The molecule has 4 N–H and O–H groups in total. The van der Waals surface area contributed by atoms with Crippen LogP contribution in [0.5, 0.6) is 0 Å². The Kier molecular flexibility index (Phi) is 4.93. The second-order valence-corrected chi connectivity index (χ2v) is 3.74. The van der Waals surface area contributed by atoms with E-state index in [-0.39, 0.29) is 18.4 Å². The summed E-state index contributed by atoms with van der Waals surface area (Å²) in [5.74, 6) is -0.644. The number of amides is 2. The maximum Gasteiger partial charge on any atom is 0.253 e. The number of anilines is 1. The predicted molar refractivity (Wildman–Crippen MR) is 67.1 cm³/mol. The zero-order valence-corrected chi connectivity index (χ0v) is 10.2. The van der Waals surface area contributed by atoms with Gasteiger partial charge < -0.3 is 16.4 Å². The van der Waals surface area contributed by atoms with Crippen molar-refractivity contribution < 1.29 is 9.59 Å². The minimum absolute atomic E-state index is 0.151. The summed E-state index contributed by atoms with van der Waals surface area (Å²) in [6, 6.07) is 4.66. The Morgan fingerprint density at radius 1 is 1.41 bits per heavy atom. The van der Waals surface area contributed by atoms with Crippen LogP contribution >= 0.6 is 11.6 Å². The number of halogens is 1. The summed E-state index contributed by atoms with van der Waals surface area (Å²) in [6.07, 6.45) is 0. The van der Waals surface area contributed by atoms with Crippen LogP contribution in [0.25, 0.3) is 0 Å². The van der Waals surface area contributed by atoms with Crippen molar-refractivity contribution in [3.05, 3.63) is 28.8 Å². The molecule has 17 heavy (non-hydrogen) atoms. The molecule has 0 aliphatic heterocycles. The smallest absolute Gasteiger partial charge is 0.253 e. The first-order chi connectivity index (χ1) is 8.08. The van der Waals surface area contributed by atoms with Crippen LogP contribution in [0.4, 0.5) is 5.69 Å². The normalized spacial score (nSPS) is 9.82. The van der Waals surface area contributed by atoms with Gasteiger partial charge in [-0.05, 0) is 25.1 Å². The van der Waals surface area contributed by atoms with Crippen LogP contribution in [-0.4, -0.2) is 24.9 Å². The molecule has 5 nitrogen and oxygen atoms in total. The maximum atomic E-state index is 11.7. The molecule has 0 atom stereocenters. The van der Waals surface area contributed by atoms with Crippen molar-refractivity contribution in [1.82, 2.24) is 5.32 Å². The van der Waals surface area contributed by atoms with Gasteiger partial charge in [0.1, 0.15) is 0 Å². The topological polar surface area (TPSA) is 84.2 Å². The van der Waals surface area contributed by atoms with Gasteiger partial charge in [0.15, 0.2) is 0 Å². The van der Waals surface area contributed by atoms with Crippen molar-refractivity contribution in [2.24, 2.45) is 5.73 Å². The summed E-state index contributed by atoms with van der Waals surface area (Å²) in [5, 5.41) is 5.62. The molecular weight excluding hydrogens is 242 g/mol. The minimum Gasteiger partial charge on any atom is -0.352 e. The van der Waals surface area contributed by atoms with Gasteiger partial charge in [-0.3, -0.25) is 9.59 Å². The lowest BCUT2D eigenvalue weighted by atomic mass is 10.1. The van der Waals surface area contributed by atoms with E-state index in [2.05, 4.69) is 10.6 Å². The van der Waals surface area contributed by atoms with Crippen molar-refractivity contribution in [1.29, 1.82) is 0 Å². The fourth-order valence-corrected chi connectivity index (χ4v) is 1.45. The molecule has 0 unspecified atom stereocenters. The molecule has 0 radical (unpaired) electrons. The van der Waals surface area contributed by atoms with Gasteiger partial charge in [0.2, 0.25) is 5.91 Å². The van der Waals surface area contributed by atoms with Gasteiger partial charge >= 0.3 is 0 Å². The van der Waals surface area contributed by atoms with Gasteiger partial charge in [-0.1, -0.05) is 11.6 Å². The zero-order valence-electron chi connectivity index (χ0n) is 9.42. The highest BCUT2D eigenvalue weighted by Gasteiger charge is 2.12. The van der Waals surface area contributed by atoms with Crippen molar-refractivity contribution in [2.45, 2.75) is 6.92 Å². The first kappa shape index (κ1) is 13.5. The molecule has 0 spiro atoms. The minimum atomic E-state index is -0.377. The molecule has 0 aliphatic carbocycles. The monoisotopic (exact) mass is 255 g/mol. The van der Waals surface area contributed by atoms with Crippen LogP contribution in [0.2, 0.25) is 5.02 Å². The summed E-state index contributed by atoms with van der Waals surface area (Å²) in [5.41, 5.74) is 5.92. The van der Waals surface area contributed by atoms with Gasteiger partial charge in [-0.15, -0.1) is 0 Å². The van der Waals surface area contributed by atoms with Crippen LogP contribution in [0.15, 0.2) is 18.2 Å². The number of carbonyl (C=O) groups excluding carboxylic acids is 2. The molecule has 2 amide bonds. The van der Waals surface area contributed by atoms with Crippen LogP contribution in [0.1, 0.15) is 17.3 Å². The largest absolute Gasteiger partial charge is 0.352 e. The fraction of sp³-hybridized carbons (Fsp3) is 0.273. The first-order valence-electron chi connectivity index (χ1n) is 5.16. The lowest BCUT2D eigenvalue weighted by molar-refractivity contribution is -0.114. The molecule has 1 aromatic rings. The standard InChI is InChI=1S/C11H14ClN3O2/c1-2-14-11(17)8-4-3-7(12)5-9(8)15-10(16)6-13/h3-5H,2,6,13H2,1H3,(H,14,17)(H,15,16). The summed E-state index contributed by atoms with van der Waals surface area (Å²) < 4.78 is 0. The van der Waals surface area contributed by atoms with Crippen LogP contribution in [0.3, 0.4) is 0 Å². The van der Waals surface area contributed by atoms with E-state index in [1.165, 1.54) is 6.07 Å². The summed E-state index contributed by atoms with van der Waals surface area (Å²) >= 11 is 5.81. The Hall–Kier alpha value is -1.59. The molecule has 0 saturated carbocycles. The average molecular weight is 256 g/mol. The van der Waals surface area contributed by atoms with E-state index >= 15 is 0 Å². The Morgan fingerprint density at radius 2 is 2.12 bits per heavy atom. The third-order valence-corrected chi connectivity index (χ3v) is 2.26. The third kappa shape index (κ3) is 3.72. The average Bonchev–Trinajstić information content (AvgIpc) is 2.29. The van der Waals surface area contributed by atoms with Crippen molar-refractivity contribution in [3.63, 3.8) is 0 Å². The number of nitrogens with one attached hydrogen (secondary N) is 2. The summed E-state index contributed by atoms with van der Waals surface area (Å²) in [7, 11) is 0.